The average molecular weight is 400 g/mol. The average Bonchev–Trinajstić information content (AvgIpc) is 2.69. The summed E-state index contributed by atoms with van der Waals surface area (Å²) in [6.45, 7) is 17.8. The number of carbonyl (C=O) groups excluding carboxylic acids is 1. The van der Waals surface area contributed by atoms with Gasteiger partial charge in [0.05, 0.1) is 23.6 Å². The highest BCUT2D eigenvalue weighted by atomic mass is 35.5. The molecule has 5 heteroatoms. The largest absolute Gasteiger partial charge is 0.493 e. The number of ether oxygens (including phenoxy) is 1. The maximum Gasteiger partial charge on any atom is 0.266 e. The number of anilines is 1. The summed E-state index contributed by atoms with van der Waals surface area (Å²) in [6.07, 6.45) is 7.15. The number of hydrogen-bond acceptors (Lipinski definition) is 3. The maximum absolute atomic E-state index is 13.5. The normalized spacial score (nSPS) is 14.1. The van der Waals surface area contributed by atoms with Gasteiger partial charge in [-0.05, 0) is 36.8 Å². The van der Waals surface area contributed by atoms with Crippen LogP contribution < -0.4 is 4.90 Å². The van der Waals surface area contributed by atoms with E-state index >= 15 is 0 Å². The molecule has 0 saturated carbocycles. The summed E-state index contributed by atoms with van der Waals surface area (Å²) in [5, 5.41) is 0.535. The van der Waals surface area contributed by atoms with Crippen molar-refractivity contribution in [2.45, 2.75) is 18.2 Å². The van der Waals surface area contributed by atoms with E-state index < -0.39 is 0 Å². The van der Waals surface area contributed by atoms with Crippen LogP contribution in [0.4, 0.5) is 5.69 Å². The molecule has 0 spiro atoms. The molecule has 1 aromatic rings. The van der Waals surface area contributed by atoms with Crippen LogP contribution in [0.3, 0.4) is 0 Å². The number of rotatable bonds is 8. The molecule has 1 heterocycles. The van der Waals surface area contributed by atoms with Gasteiger partial charge in [0.1, 0.15) is 5.76 Å². The molecule has 0 aliphatic carbocycles. The minimum atomic E-state index is -0.297. The van der Waals surface area contributed by atoms with Crippen LogP contribution >= 0.6 is 23.4 Å². The van der Waals surface area contributed by atoms with E-state index in [1.54, 1.807) is 29.2 Å². The number of thioether (sulfide) groups is 1. The Morgan fingerprint density at radius 1 is 1.22 bits per heavy atom. The zero-order chi connectivity index (χ0) is 20.0. The van der Waals surface area contributed by atoms with Gasteiger partial charge in [0, 0.05) is 14.8 Å². The van der Waals surface area contributed by atoms with Gasteiger partial charge in [-0.15, -0.1) is 0 Å². The Bertz CT molecular complexity index is 867. The number of benzene rings is 1. The first kappa shape index (κ1) is 20.9. The van der Waals surface area contributed by atoms with Gasteiger partial charge >= 0.3 is 0 Å². The van der Waals surface area contributed by atoms with E-state index in [0.29, 0.717) is 34.3 Å². The lowest BCUT2D eigenvalue weighted by Crippen LogP contribution is -2.33. The van der Waals surface area contributed by atoms with E-state index in [2.05, 4.69) is 26.3 Å². The van der Waals surface area contributed by atoms with Crippen LogP contribution in [0.1, 0.15) is 13.3 Å². The fourth-order valence-corrected chi connectivity index (χ4v) is 3.75. The molecular formula is C22H22ClNO2S. The van der Waals surface area contributed by atoms with E-state index in [9.17, 15) is 4.79 Å². The number of fused-ring (bicyclic) bond motifs is 1. The van der Waals surface area contributed by atoms with Crippen LogP contribution in [0, 0.1) is 0 Å². The summed E-state index contributed by atoms with van der Waals surface area (Å²) < 4.78 is 5.69. The molecule has 0 bridgehead atoms. The maximum atomic E-state index is 13.5. The predicted octanol–water partition coefficient (Wildman–Crippen LogP) is 6.42. The van der Waals surface area contributed by atoms with Crippen molar-refractivity contribution < 1.29 is 9.53 Å². The number of amides is 1. The Hall–Kier alpha value is -2.43. The van der Waals surface area contributed by atoms with Crippen molar-refractivity contribution >= 4 is 35.0 Å². The standard InChI is InChI=1S/C22H22ClNO2S/c1-6-13-26-19(9-4)16(7-2)22(25)24-17(8-3)20(10-5)27-21-12-11-15(23)14-18(21)24/h7-12,14H,2-6,13H2,1H3/b19-16-. The Balaban J connectivity index is 2.68. The third-order valence-electron chi connectivity index (χ3n) is 3.80. The molecule has 140 valence electrons. The molecule has 1 aliphatic heterocycles. The molecule has 0 saturated heterocycles. The third-order valence-corrected chi connectivity index (χ3v) is 5.20. The van der Waals surface area contributed by atoms with E-state index in [1.165, 1.54) is 23.9 Å². The van der Waals surface area contributed by atoms with Crippen molar-refractivity contribution in [3.05, 3.63) is 95.8 Å². The van der Waals surface area contributed by atoms with E-state index in [0.717, 1.165) is 16.2 Å². The zero-order valence-corrected chi connectivity index (χ0v) is 16.9. The van der Waals surface area contributed by atoms with Crippen LogP contribution in [0.25, 0.3) is 0 Å². The predicted molar refractivity (Wildman–Crippen MR) is 116 cm³/mol. The molecule has 1 aliphatic rings. The Kier molecular flexibility index (Phi) is 7.34. The molecule has 0 N–H and O–H groups in total. The molecule has 3 nitrogen and oxygen atoms in total. The van der Waals surface area contributed by atoms with Crippen LogP contribution in [-0.4, -0.2) is 12.5 Å². The number of carbonyl (C=O) groups is 1. The van der Waals surface area contributed by atoms with Gasteiger partial charge in [0.25, 0.3) is 5.91 Å². The van der Waals surface area contributed by atoms with Crippen LogP contribution in [0.5, 0.6) is 0 Å². The van der Waals surface area contributed by atoms with E-state index in [4.69, 9.17) is 16.3 Å². The fourth-order valence-electron chi connectivity index (χ4n) is 2.59. The lowest BCUT2D eigenvalue weighted by molar-refractivity contribution is -0.114. The molecule has 27 heavy (non-hydrogen) atoms. The van der Waals surface area contributed by atoms with E-state index in [-0.39, 0.29) is 5.91 Å². The molecule has 1 aromatic carbocycles. The molecule has 0 unspecified atom stereocenters. The van der Waals surface area contributed by atoms with Crippen molar-refractivity contribution in [1.82, 2.24) is 0 Å². The summed E-state index contributed by atoms with van der Waals surface area (Å²) >= 11 is 7.71. The molecular weight excluding hydrogens is 378 g/mol. The fraction of sp³-hybridized carbons (Fsp3) is 0.136. The van der Waals surface area contributed by atoms with Gasteiger partial charge in [0.15, 0.2) is 0 Å². The highest BCUT2D eigenvalue weighted by Gasteiger charge is 2.30. The first-order valence-electron chi connectivity index (χ1n) is 8.45. The second-order valence-electron chi connectivity index (χ2n) is 5.55. The van der Waals surface area contributed by atoms with Crippen molar-refractivity contribution in [2.75, 3.05) is 11.5 Å². The third kappa shape index (κ3) is 4.29. The zero-order valence-electron chi connectivity index (χ0n) is 15.3. The molecule has 0 aromatic heterocycles. The Morgan fingerprint density at radius 3 is 2.52 bits per heavy atom. The Labute approximate surface area is 170 Å². The van der Waals surface area contributed by atoms with Crippen LogP contribution in [-0.2, 0) is 9.53 Å². The number of halogens is 1. The van der Waals surface area contributed by atoms with Crippen LogP contribution in [0.2, 0.25) is 5.02 Å². The van der Waals surface area contributed by atoms with Crippen molar-refractivity contribution in [1.29, 1.82) is 0 Å². The lowest BCUT2D eigenvalue weighted by Gasteiger charge is -2.32. The van der Waals surface area contributed by atoms with Gasteiger partial charge < -0.3 is 4.74 Å². The highest BCUT2D eigenvalue weighted by Crippen LogP contribution is 2.45. The minimum Gasteiger partial charge on any atom is -0.493 e. The van der Waals surface area contributed by atoms with Crippen molar-refractivity contribution in [2.24, 2.45) is 0 Å². The second-order valence-corrected chi connectivity index (χ2v) is 7.07. The molecule has 0 fully saturated rings. The first-order valence-corrected chi connectivity index (χ1v) is 9.64. The second kappa shape index (κ2) is 9.49. The molecule has 0 atom stereocenters. The molecule has 2 rings (SSSR count). The van der Waals surface area contributed by atoms with Gasteiger partial charge in [-0.1, -0.05) is 68.8 Å². The first-order chi connectivity index (χ1) is 13.0. The molecule has 1 amide bonds. The highest BCUT2D eigenvalue weighted by molar-refractivity contribution is 8.03. The SMILES string of the molecule is C=CC1=C(C=C)N(C(=O)/C(C=C)=C(/C=C)OCCC)c2cc(Cl)ccc2S1. The Morgan fingerprint density at radius 2 is 1.96 bits per heavy atom. The summed E-state index contributed by atoms with van der Waals surface area (Å²) in [5.41, 5.74) is 1.63. The minimum absolute atomic E-state index is 0.297. The smallest absolute Gasteiger partial charge is 0.266 e. The van der Waals surface area contributed by atoms with Crippen LogP contribution in [0.15, 0.2) is 95.6 Å². The summed E-state index contributed by atoms with van der Waals surface area (Å²) in [5.74, 6) is 0.0938. The van der Waals surface area contributed by atoms with Gasteiger partial charge in [-0.3, -0.25) is 9.69 Å². The number of hydrogen-bond donors (Lipinski definition) is 0. The summed E-state index contributed by atoms with van der Waals surface area (Å²) in [7, 11) is 0. The van der Waals surface area contributed by atoms with Crippen molar-refractivity contribution in [3.8, 4) is 0 Å². The van der Waals surface area contributed by atoms with E-state index in [1.807, 2.05) is 13.0 Å². The van der Waals surface area contributed by atoms with Gasteiger partial charge in [-0.2, -0.15) is 0 Å². The van der Waals surface area contributed by atoms with Gasteiger partial charge in [-0.25, -0.2) is 0 Å². The van der Waals surface area contributed by atoms with Gasteiger partial charge in [0.2, 0.25) is 0 Å². The number of allylic oxidation sites excluding steroid dienone is 3. The molecule has 0 radical (unpaired) electrons. The lowest BCUT2D eigenvalue weighted by atomic mass is 10.1. The number of nitrogens with zero attached hydrogens (tertiary/aromatic N) is 1. The summed E-state index contributed by atoms with van der Waals surface area (Å²) in [4.78, 5) is 16.8. The quantitative estimate of drug-likeness (QED) is 0.287. The topological polar surface area (TPSA) is 29.5 Å². The summed E-state index contributed by atoms with van der Waals surface area (Å²) in [6, 6.07) is 5.43. The van der Waals surface area contributed by atoms with Crippen molar-refractivity contribution in [3.63, 3.8) is 0 Å². The monoisotopic (exact) mass is 399 g/mol.